The number of benzene rings is 1. The fourth-order valence-electron chi connectivity index (χ4n) is 1.37. The third kappa shape index (κ3) is 5.54. The molecular weight excluding hydrogens is 218 g/mol. The second-order valence-electron chi connectivity index (χ2n) is 3.56. The monoisotopic (exact) mass is 239 g/mol. The SMILES string of the molecule is CCOCCNCCSc1ccccc1C. The minimum atomic E-state index is 0.805. The largest absolute Gasteiger partial charge is 0.380 e. The van der Waals surface area contributed by atoms with E-state index in [0.29, 0.717) is 0 Å². The molecule has 1 aromatic carbocycles. The summed E-state index contributed by atoms with van der Waals surface area (Å²) in [6.45, 7) is 7.78. The number of rotatable bonds is 8. The molecule has 0 bridgehead atoms. The van der Waals surface area contributed by atoms with E-state index in [4.69, 9.17) is 4.74 Å². The molecule has 0 saturated carbocycles. The van der Waals surface area contributed by atoms with Gasteiger partial charge in [0, 0.05) is 30.3 Å². The maximum absolute atomic E-state index is 5.25. The van der Waals surface area contributed by atoms with E-state index in [2.05, 4.69) is 36.5 Å². The van der Waals surface area contributed by atoms with Crippen molar-refractivity contribution in [2.24, 2.45) is 0 Å². The number of nitrogens with one attached hydrogen (secondary N) is 1. The first kappa shape index (κ1) is 13.6. The Hall–Kier alpha value is -0.510. The minimum Gasteiger partial charge on any atom is -0.380 e. The molecular formula is C13H21NOS. The highest BCUT2D eigenvalue weighted by molar-refractivity contribution is 7.99. The van der Waals surface area contributed by atoms with Gasteiger partial charge in [-0.05, 0) is 25.5 Å². The fourth-order valence-corrected chi connectivity index (χ4v) is 2.30. The molecule has 16 heavy (non-hydrogen) atoms. The van der Waals surface area contributed by atoms with Crippen LogP contribution in [0.2, 0.25) is 0 Å². The third-order valence-corrected chi connectivity index (χ3v) is 3.43. The van der Waals surface area contributed by atoms with Gasteiger partial charge in [0.2, 0.25) is 0 Å². The maximum Gasteiger partial charge on any atom is 0.0590 e. The van der Waals surface area contributed by atoms with Gasteiger partial charge in [0.05, 0.1) is 6.61 Å². The summed E-state index contributed by atoms with van der Waals surface area (Å²) >= 11 is 1.91. The van der Waals surface area contributed by atoms with E-state index in [0.717, 1.165) is 32.1 Å². The Morgan fingerprint density at radius 1 is 1.25 bits per heavy atom. The average molecular weight is 239 g/mol. The molecule has 0 fully saturated rings. The van der Waals surface area contributed by atoms with Gasteiger partial charge >= 0.3 is 0 Å². The highest BCUT2D eigenvalue weighted by Crippen LogP contribution is 2.20. The molecule has 3 heteroatoms. The summed E-state index contributed by atoms with van der Waals surface area (Å²) in [5.74, 6) is 1.11. The zero-order chi connectivity index (χ0) is 11.6. The molecule has 90 valence electrons. The van der Waals surface area contributed by atoms with Gasteiger partial charge < -0.3 is 10.1 Å². The molecule has 0 aliphatic carbocycles. The van der Waals surface area contributed by atoms with Crippen LogP contribution in [-0.4, -0.2) is 32.1 Å². The molecule has 1 aromatic rings. The lowest BCUT2D eigenvalue weighted by atomic mass is 10.2. The first-order valence-corrected chi connectivity index (χ1v) is 6.80. The molecule has 0 aliphatic heterocycles. The molecule has 0 saturated heterocycles. The van der Waals surface area contributed by atoms with Crippen LogP contribution in [0.25, 0.3) is 0 Å². The van der Waals surface area contributed by atoms with Crippen molar-refractivity contribution >= 4 is 11.8 Å². The van der Waals surface area contributed by atoms with E-state index in [1.165, 1.54) is 10.5 Å². The van der Waals surface area contributed by atoms with Gasteiger partial charge in [0.25, 0.3) is 0 Å². The molecule has 0 heterocycles. The third-order valence-electron chi connectivity index (χ3n) is 2.26. The van der Waals surface area contributed by atoms with Gasteiger partial charge in [-0.3, -0.25) is 0 Å². The Balaban J connectivity index is 2.05. The Morgan fingerprint density at radius 3 is 2.81 bits per heavy atom. The van der Waals surface area contributed by atoms with Crippen molar-refractivity contribution in [3.63, 3.8) is 0 Å². The molecule has 0 spiro atoms. The predicted octanol–water partition coefficient (Wildman–Crippen LogP) is 2.71. The van der Waals surface area contributed by atoms with Crippen molar-refractivity contribution in [1.82, 2.24) is 5.32 Å². The molecule has 1 rings (SSSR count). The highest BCUT2D eigenvalue weighted by atomic mass is 32.2. The summed E-state index contributed by atoms with van der Waals surface area (Å²) in [5.41, 5.74) is 1.36. The highest BCUT2D eigenvalue weighted by Gasteiger charge is 1.96. The fraction of sp³-hybridized carbons (Fsp3) is 0.538. The lowest BCUT2D eigenvalue weighted by Crippen LogP contribution is -2.22. The number of hydrogen-bond donors (Lipinski definition) is 1. The normalized spacial score (nSPS) is 10.6. The lowest BCUT2D eigenvalue weighted by Gasteiger charge is -2.06. The van der Waals surface area contributed by atoms with Crippen molar-refractivity contribution < 1.29 is 4.74 Å². The van der Waals surface area contributed by atoms with Gasteiger partial charge in [0.1, 0.15) is 0 Å². The molecule has 2 nitrogen and oxygen atoms in total. The van der Waals surface area contributed by atoms with E-state index in [1.807, 2.05) is 18.7 Å². The lowest BCUT2D eigenvalue weighted by molar-refractivity contribution is 0.150. The Labute approximate surface area is 103 Å². The van der Waals surface area contributed by atoms with Crippen LogP contribution in [0.15, 0.2) is 29.2 Å². The van der Waals surface area contributed by atoms with Crippen LogP contribution in [0, 0.1) is 6.92 Å². The van der Waals surface area contributed by atoms with Crippen LogP contribution in [-0.2, 0) is 4.74 Å². The standard InChI is InChI=1S/C13H21NOS/c1-3-15-10-8-14-9-11-16-13-7-5-4-6-12(13)2/h4-7,14H,3,8-11H2,1-2H3. The van der Waals surface area contributed by atoms with Crippen molar-refractivity contribution in [3.05, 3.63) is 29.8 Å². The van der Waals surface area contributed by atoms with Crippen molar-refractivity contribution in [1.29, 1.82) is 0 Å². The topological polar surface area (TPSA) is 21.3 Å². The van der Waals surface area contributed by atoms with Gasteiger partial charge in [0.15, 0.2) is 0 Å². The summed E-state index contributed by atoms with van der Waals surface area (Å²) in [6.07, 6.45) is 0. The summed E-state index contributed by atoms with van der Waals surface area (Å²) in [6, 6.07) is 8.52. The number of hydrogen-bond acceptors (Lipinski definition) is 3. The molecule has 0 aromatic heterocycles. The van der Waals surface area contributed by atoms with E-state index in [9.17, 15) is 0 Å². The van der Waals surface area contributed by atoms with Crippen molar-refractivity contribution in [2.75, 3.05) is 32.1 Å². The van der Waals surface area contributed by atoms with Crippen LogP contribution >= 0.6 is 11.8 Å². The first-order valence-electron chi connectivity index (χ1n) is 5.81. The zero-order valence-electron chi connectivity index (χ0n) is 10.2. The second kappa shape index (κ2) is 8.62. The van der Waals surface area contributed by atoms with Gasteiger partial charge in [-0.1, -0.05) is 18.2 Å². The smallest absolute Gasteiger partial charge is 0.0590 e. The molecule has 0 aliphatic rings. The zero-order valence-corrected chi connectivity index (χ0v) is 11.0. The van der Waals surface area contributed by atoms with Crippen molar-refractivity contribution in [3.8, 4) is 0 Å². The Bertz CT molecular complexity index is 291. The summed E-state index contributed by atoms with van der Waals surface area (Å²) in [5, 5.41) is 3.36. The number of thioether (sulfide) groups is 1. The van der Waals surface area contributed by atoms with Gasteiger partial charge in [-0.2, -0.15) is 0 Å². The minimum absolute atomic E-state index is 0.805. The van der Waals surface area contributed by atoms with E-state index < -0.39 is 0 Å². The first-order chi connectivity index (χ1) is 7.84. The van der Waals surface area contributed by atoms with E-state index >= 15 is 0 Å². The van der Waals surface area contributed by atoms with Gasteiger partial charge in [-0.25, -0.2) is 0 Å². The second-order valence-corrected chi connectivity index (χ2v) is 4.70. The summed E-state index contributed by atoms with van der Waals surface area (Å²) < 4.78 is 5.25. The summed E-state index contributed by atoms with van der Waals surface area (Å²) in [7, 11) is 0. The average Bonchev–Trinajstić information content (AvgIpc) is 2.30. The van der Waals surface area contributed by atoms with Crippen LogP contribution in [0.5, 0.6) is 0 Å². The molecule has 0 radical (unpaired) electrons. The molecule has 1 N–H and O–H groups in total. The number of aryl methyl sites for hydroxylation is 1. The van der Waals surface area contributed by atoms with Crippen molar-refractivity contribution in [2.45, 2.75) is 18.7 Å². The quantitative estimate of drug-likeness (QED) is 0.557. The maximum atomic E-state index is 5.25. The predicted molar refractivity (Wildman–Crippen MR) is 71.3 cm³/mol. The van der Waals surface area contributed by atoms with E-state index in [-0.39, 0.29) is 0 Å². The van der Waals surface area contributed by atoms with Crippen LogP contribution in [0.4, 0.5) is 0 Å². The van der Waals surface area contributed by atoms with Crippen LogP contribution in [0.3, 0.4) is 0 Å². The number of ether oxygens (including phenoxy) is 1. The molecule has 0 unspecified atom stereocenters. The Morgan fingerprint density at radius 2 is 2.06 bits per heavy atom. The van der Waals surface area contributed by atoms with Gasteiger partial charge in [-0.15, -0.1) is 11.8 Å². The van der Waals surface area contributed by atoms with Crippen LogP contribution in [0.1, 0.15) is 12.5 Å². The summed E-state index contributed by atoms with van der Waals surface area (Å²) in [4.78, 5) is 1.38. The Kier molecular flexibility index (Phi) is 7.30. The van der Waals surface area contributed by atoms with Crippen LogP contribution < -0.4 is 5.32 Å². The molecule has 0 atom stereocenters. The van der Waals surface area contributed by atoms with E-state index in [1.54, 1.807) is 0 Å². The molecule has 0 amide bonds.